The van der Waals surface area contributed by atoms with Crippen molar-refractivity contribution in [2.24, 2.45) is 0 Å². The van der Waals surface area contributed by atoms with E-state index in [0.29, 0.717) is 41.0 Å². The van der Waals surface area contributed by atoms with Crippen LogP contribution in [0.25, 0.3) is 0 Å². The molecule has 160 valence electrons. The van der Waals surface area contributed by atoms with E-state index in [1.165, 1.54) is 11.3 Å². The lowest BCUT2D eigenvalue weighted by Gasteiger charge is -2.17. The third kappa shape index (κ3) is 3.64. The molecule has 2 aliphatic rings. The van der Waals surface area contributed by atoms with Crippen LogP contribution in [0.4, 0.5) is 5.13 Å². The van der Waals surface area contributed by atoms with E-state index in [9.17, 15) is 9.59 Å². The van der Waals surface area contributed by atoms with Crippen molar-refractivity contribution in [3.05, 3.63) is 34.3 Å². The maximum absolute atomic E-state index is 13.2. The number of amides is 2. The quantitative estimate of drug-likeness (QED) is 0.687. The van der Waals surface area contributed by atoms with Crippen molar-refractivity contribution in [2.45, 2.75) is 51.9 Å². The van der Waals surface area contributed by atoms with Gasteiger partial charge in [-0.05, 0) is 50.8 Å². The van der Waals surface area contributed by atoms with Gasteiger partial charge >= 0.3 is 0 Å². The summed E-state index contributed by atoms with van der Waals surface area (Å²) in [4.78, 5) is 33.1. The van der Waals surface area contributed by atoms with Gasteiger partial charge in [0.1, 0.15) is 4.88 Å². The summed E-state index contributed by atoms with van der Waals surface area (Å²) in [6.07, 6.45) is 3.15. The molecule has 4 rings (SSSR count). The number of ether oxygens (including phenoxy) is 2. The van der Waals surface area contributed by atoms with Gasteiger partial charge in [0.25, 0.3) is 5.91 Å². The zero-order valence-corrected chi connectivity index (χ0v) is 18.4. The molecular formula is C22H27N3O4S. The number of carbonyl (C=O) groups excluding carboxylic acids is 2. The Balaban J connectivity index is 1.56. The molecule has 1 aromatic heterocycles. The fourth-order valence-electron chi connectivity index (χ4n) is 3.82. The molecule has 0 atom stereocenters. The minimum Gasteiger partial charge on any atom is -0.454 e. The average molecular weight is 430 g/mol. The topological polar surface area (TPSA) is 80.8 Å². The SMILES string of the molecule is CCCc1nc(NC(=O)C2(c3ccc4c(c3)OCO4)CC2)sc1C(=O)N(CC)CC. The van der Waals surface area contributed by atoms with Crippen molar-refractivity contribution >= 4 is 28.3 Å². The van der Waals surface area contributed by atoms with Gasteiger partial charge in [-0.1, -0.05) is 30.7 Å². The first-order chi connectivity index (χ1) is 14.5. The predicted octanol–water partition coefficient (Wildman–Crippen LogP) is 3.98. The molecule has 2 aromatic rings. The van der Waals surface area contributed by atoms with Gasteiger partial charge in [0, 0.05) is 13.1 Å². The second-order valence-corrected chi connectivity index (χ2v) is 8.63. The van der Waals surface area contributed by atoms with Gasteiger partial charge in [-0.15, -0.1) is 0 Å². The smallest absolute Gasteiger partial charge is 0.265 e. The summed E-state index contributed by atoms with van der Waals surface area (Å²) in [7, 11) is 0. The summed E-state index contributed by atoms with van der Waals surface area (Å²) in [5.41, 5.74) is 1.12. The second kappa shape index (κ2) is 8.26. The van der Waals surface area contributed by atoms with Crippen molar-refractivity contribution < 1.29 is 19.1 Å². The van der Waals surface area contributed by atoms with Crippen LogP contribution in [0.3, 0.4) is 0 Å². The third-order valence-electron chi connectivity index (χ3n) is 5.76. The average Bonchev–Trinajstić information content (AvgIpc) is 3.26. The zero-order valence-electron chi connectivity index (χ0n) is 17.6. The van der Waals surface area contributed by atoms with E-state index in [1.54, 1.807) is 4.90 Å². The normalized spacial score (nSPS) is 15.7. The molecule has 1 aromatic carbocycles. The number of fused-ring (bicyclic) bond motifs is 1. The highest BCUT2D eigenvalue weighted by molar-refractivity contribution is 7.17. The first-order valence-electron chi connectivity index (χ1n) is 10.5. The Hall–Kier alpha value is -2.61. The number of nitrogens with zero attached hydrogens (tertiary/aromatic N) is 2. The Labute approximate surface area is 180 Å². The number of rotatable bonds is 8. The van der Waals surface area contributed by atoms with Crippen molar-refractivity contribution in [2.75, 3.05) is 25.2 Å². The fraction of sp³-hybridized carbons (Fsp3) is 0.500. The number of anilines is 1. The third-order valence-corrected chi connectivity index (χ3v) is 6.76. The number of hydrogen-bond donors (Lipinski definition) is 1. The second-order valence-electron chi connectivity index (χ2n) is 7.63. The number of aryl methyl sites for hydroxylation is 1. The van der Waals surface area contributed by atoms with Gasteiger partial charge in [0.05, 0.1) is 11.1 Å². The van der Waals surface area contributed by atoms with Crippen LogP contribution < -0.4 is 14.8 Å². The largest absolute Gasteiger partial charge is 0.454 e. The highest BCUT2D eigenvalue weighted by Crippen LogP contribution is 2.51. The predicted molar refractivity (Wildman–Crippen MR) is 115 cm³/mol. The summed E-state index contributed by atoms with van der Waals surface area (Å²) < 4.78 is 10.8. The molecule has 2 amide bonds. The number of benzene rings is 1. The monoisotopic (exact) mass is 429 g/mol. The van der Waals surface area contributed by atoms with Crippen molar-refractivity contribution in [3.63, 3.8) is 0 Å². The van der Waals surface area contributed by atoms with Crippen LogP contribution in [0.1, 0.15) is 61.0 Å². The van der Waals surface area contributed by atoms with Crippen LogP contribution in [0.2, 0.25) is 0 Å². The molecule has 0 saturated heterocycles. The van der Waals surface area contributed by atoms with Gasteiger partial charge in [0.15, 0.2) is 16.6 Å². The molecule has 0 radical (unpaired) electrons. The number of carbonyl (C=O) groups is 2. The van der Waals surface area contributed by atoms with Gasteiger partial charge in [0.2, 0.25) is 12.7 Å². The first kappa shape index (κ1) is 20.7. The van der Waals surface area contributed by atoms with Gasteiger partial charge < -0.3 is 19.7 Å². The Bertz CT molecular complexity index is 963. The van der Waals surface area contributed by atoms with Crippen LogP contribution in [-0.4, -0.2) is 41.6 Å². The summed E-state index contributed by atoms with van der Waals surface area (Å²) >= 11 is 1.28. The molecule has 1 saturated carbocycles. The van der Waals surface area contributed by atoms with E-state index >= 15 is 0 Å². The number of hydrogen-bond acceptors (Lipinski definition) is 6. The van der Waals surface area contributed by atoms with Crippen LogP contribution in [-0.2, 0) is 16.6 Å². The van der Waals surface area contributed by atoms with Crippen molar-refractivity contribution in [3.8, 4) is 11.5 Å². The molecule has 30 heavy (non-hydrogen) atoms. The molecule has 1 aliphatic carbocycles. The van der Waals surface area contributed by atoms with Crippen LogP contribution in [0.5, 0.6) is 11.5 Å². The summed E-state index contributed by atoms with van der Waals surface area (Å²) in [5.74, 6) is 1.29. The molecule has 0 unspecified atom stereocenters. The molecule has 0 bridgehead atoms. The van der Waals surface area contributed by atoms with Gasteiger partial charge in [-0.25, -0.2) is 4.98 Å². The number of nitrogens with one attached hydrogen (secondary N) is 1. The zero-order chi connectivity index (χ0) is 21.3. The molecule has 2 heterocycles. The Morgan fingerprint density at radius 1 is 1.17 bits per heavy atom. The van der Waals surface area contributed by atoms with Crippen LogP contribution >= 0.6 is 11.3 Å². The van der Waals surface area contributed by atoms with Gasteiger partial charge in [-0.3, -0.25) is 9.59 Å². The standard InChI is InChI=1S/C22H27N3O4S/c1-4-7-15-18(19(26)25(5-2)6-3)30-21(23-15)24-20(27)22(10-11-22)14-8-9-16-17(12-14)29-13-28-16/h8-9,12H,4-7,10-11,13H2,1-3H3,(H,23,24,27). The maximum Gasteiger partial charge on any atom is 0.265 e. The van der Waals surface area contributed by atoms with E-state index in [0.717, 1.165) is 30.5 Å². The van der Waals surface area contributed by atoms with Gasteiger partial charge in [-0.2, -0.15) is 0 Å². The molecule has 1 fully saturated rings. The Kier molecular flexibility index (Phi) is 5.69. The minimum absolute atomic E-state index is 0.0154. The highest BCUT2D eigenvalue weighted by atomic mass is 32.1. The minimum atomic E-state index is -0.569. The lowest BCUT2D eigenvalue weighted by atomic mass is 9.94. The number of aromatic nitrogens is 1. The molecular weight excluding hydrogens is 402 g/mol. The summed E-state index contributed by atoms with van der Waals surface area (Å²) in [6, 6.07) is 5.68. The molecule has 0 spiro atoms. The van der Waals surface area contributed by atoms with E-state index in [2.05, 4.69) is 17.2 Å². The Morgan fingerprint density at radius 2 is 1.90 bits per heavy atom. The first-order valence-corrected chi connectivity index (χ1v) is 11.3. The molecule has 7 nitrogen and oxygen atoms in total. The highest BCUT2D eigenvalue weighted by Gasteiger charge is 2.52. The van der Waals surface area contributed by atoms with E-state index in [4.69, 9.17) is 9.47 Å². The summed E-state index contributed by atoms with van der Waals surface area (Å²) in [6.45, 7) is 7.49. The van der Waals surface area contributed by atoms with Crippen LogP contribution in [0.15, 0.2) is 18.2 Å². The van der Waals surface area contributed by atoms with E-state index in [1.807, 2.05) is 32.0 Å². The Morgan fingerprint density at radius 3 is 2.57 bits per heavy atom. The molecule has 1 aliphatic heterocycles. The van der Waals surface area contributed by atoms with Crippen LogP contribution in [0, 0.1) is 0 Å². The van der Waals surface area contributed by atoms with Crippen molar-refractivity contribution in [1.82, 2.24) is 9.88 Å². The molecule has 8 heteroatoms. The fourth-order valence-corrected chi connectivity index (χ4v) is 4.79. The number of thiazole rings is 1. The van der Waals surface area contributed by atoms with E-state index in [-0.39, 0.29) is 18.6 Å². The maximum atomic E-state index is 13.2. The summed E-state index contributed by atoms with van der Waals surface area (Å²) in [5, 5.41) is 3.48. The lowest BCUT2D eigenvalue weighted by Crippen LogP contribution is -2.30. The van der Waals surface area contributed by atoms with Crippen molar-refractivity contribution in [1.29, 1.82) is 0 Å². The lowest BCUT2D eigenvalue weighted by molar-refractivity contribution is -0.118. The molecule has 1 N–H and O–H groups in total. The van der Waals surface area contributed by atoms with E-state index < -0.39 is 5.41 Å².